The van der Waals surface area contributed by atoms with Gasteiger partial charge in [0.05, 0.1) is 16.8 Å². The van der Waals surface area contributed by atoms with Gasteiger partial charge in [0.15, 0.2) is 0 Å². The second-order valence-electron chi connectivity index (χ2n) is 8.09. The number of thiophene rings is 1. The number of pyridine rings is 1. The van der Waals surface area contributed by atoms with Crippen molar-refractivity contribution in [3.8, 4) is 0 Å². The summed E-state index contributed by atoms with van der Waals surface area (Å²) in [6.45, 7) is 4.74. The number of hydrogen-bond acceptors (Lipinski definition) is 7. The van der Waals surface area contributed by atoms with Crippen molar-refractivity contribution >= 4 is 38.8 Å². The van der Waals surface area contributed by atoms with Gasteiger partial charge in [-0.15, -0.1) is 11.3 Å². The SMILES string of the molecule is CN(C)CCCOCCCC1CCCN(c2ccnc3sc(C(N)=O)c(N)c23)C1. The largest absolute Gasteiger partial charge is 0.397 e. The Labute approximate surface area is 177 Å². The van der Waals surface area contributed by atoms with Crippen LogP contribution in [-0.2, 0) is 4.74 Å². The number of nitrogen functional groups attached to an aromatic ring is 1. The van der Waals surface area contributed by atoms with E-state index in [-0.39, 0.29) is 0 Å². The molecule has 2 aromatic heterocycles. The lowest BCUT2D eigenvalue weighted by Crippen LogP contribution is -2.35. The summed E-state index contributed by atoms with van der Waals surface area (Å²) in [5.74, 6) is 0.159. The number of anilines is 2. The molecule has 3 rings (SSSR count). The molecule has 1 aliphatic heterocycles. The van der Waals surface area contributed by atoms with Crippen molar-refractivity contribution in [2.75, 3.05) is 57.6 Å². The van der Waals surface area contributed by atoms with Crippen molar-refractivity contribution in [3.63, 3.8) is 0 Å². The van der Waals surface area contributed by atoms with Crippen LogP contribution in [-0.4, -0.2) is 62.7 Å². The maximum atomic E-state index is 11.7. The maximum Gasteiger partial charge on any atom is 0.260 e. The van der Waals surface area contributed by atoms with Crippen molar-refractivity contribution in [1.82, 2.24) is 9.88 Å². The number of carbonyl (C=O) groups is 1. The number of amides is 1. The lowest BCUT2D eigenvalue weighted by Gasteiger charge is -2.35. The van der Waals surface area contributed by atoms with E-state index in [9.17, 15) is 4.79 Å². The second-order valence-corrected chi connectivity index (χ2v) is 9.08. The fourth-order valence-electron chi connectivity index (χ4n) is 4.05. The van der Waals surface area contributed by atoms with Gasteiger partial charge >= 0.3 is 0 Å². The standard InChI is InChI=1S/C21H33N5O2S/c1-25(2)10-5-13-28-12-4-7-15-6-3-11-26(14-15)16-8-9-24-21-17(16)18(22)19(29-21)20(23)27/h8-9,15H,3-7,10-14,22H2,1-2H3,(H2,23,27). The average Bonchev–Trinajstić information content (AvgIpc) is 3.04. The Morgan fingerprint density at radius 3 is 2.93 bits per heavy atom. The molecule has 0 aromatic carbocycles. The third-order valence-corrected chi connectivity index (χ3v) is 6.61. The van der Waals surface area contributed by atoms with Crippen molar-refractivity contribution in [3.05, 3.63) is 17.1 Å². The Bertz CT molecular complexity index is 823. The van der Waals surface area contributed by atoms with Crippen LogP contribution in [0.5, 0.6) is 0 Å². The molecule has 1 aliphatic rings. The summed E-state index contributed by atoms with van der Waals surface area (Å²) in [6.07, 6.45) is 7.55. The molecule has 0 saturated carbocycles. The Balaban J connectivity index is 1.56. The summed E-state index contributed by atoms with van der Waals surface area (Å²) in [4.78, 5) is 21.8. The lowest BCUT2D eigenvalue weighted by atomic mass is 9.93. The molecule has 8 heteroatoms. The Morgan fingerprint density at radius 1 is 1.38 bits per heavy atom. The molecule has 0 spiro atoms. The third-order valence-electron chi connectivity index (χ3n) is 5.49. The minimum atomic E-state index is -0.487. The number of piperidine rings is 1. The van der Waals surface area contributed by atoms with Crippen LogP contribution in [0.15, 0.2) is 12.3 Å². The van der Waals surface area contributed by atoms with Gasteiger partial charge in [0.1, 0.15) is 9.71 Å². The fraction of sp³-hybridized carbons (Fsp3) is 0.619. The summed E-state index contributed by atoms with van der Waals surface area (Å²) in [7, 11) is 4.17. The molecule has 29 heavy (non-hydrogen) atoms. The number of carbonyl (C=O) groups excluding carboxylic acids is 1. The van der Waals surface area contributed by atoms with Crippen molar-refractivity contribution < 1.29 is 9.53 Å². The van der Waals surface area contributed by atoms with Gasteiger partial charge < -0.3 is 26.0 Å². The number of aromatic nitrogens is 1. The third kappa shape index (κ3) is 5.58. The molecule has 1 unspecified atom stereocenters. The van der Waals surface area contributed by atoms with Gasteiger partial charge in [-0.1, -0.05) is 0 Å². The van der Waals surface area contributed by atoms with E-state index in [0.29, 0.717) is 16.5 Å². The molecular formula is C21H33N5O2S. The number of primary amides is 1. The first-order valence-electron chi connectivity index (χ1n) is 10.4. The summed E-state index contributed by atoms with van der Waals surface area (Å²) >= 11 is 1.28. The van der Waals surface area contributed by atoms with Crippen LogP contribution in [0.2, 0.25) is 0 Å². The van der Waals surface area contributed by atoms with Crippen LogP contribution in [0.25, 0.3) is 10.2 Å². The Kier molecular flexibility index (Phi) is 7.69. The zero-order valence-corrected chi connectivity index (χ0v) is 18.3. The van der Waals surface area contributed by atoms with Crippen molar-refractivity contribution in [2.24, 2.45) is 11.7 Å². The number of nitrogens with two attached hydrogens (primary N) is 2. The van der Waals surface area contributed by atoms with E-state index in [1.54, 1.807) is 6.20 Å². The highest BCUT2D eigenvalue weighted by atomic mass is 32.1. The summed E-state index contributed by atoms with van der Waals surface area (Å²) in [6, 6.07) is 2.01. The van der Waals surface area contributed by atoms with Gasteiger partial charge in [-0.25, -0.2) is 4.98 Å². The highest BCUT2D eigenvalue weighted by molar-refractivity contribution is 7.21. The average molecular weight is 420 g/mol. The molecule has 2 aromatic rings. The fourth-order valence-corrected chi connectivity index (χ4v) is 4.99. The lowest BCUT2D eigenvalue weighted by molar-refractivity contribution is 0.100. The quantitative estimate of drug-likeness (QED) is 0.575. The zero-order valence-electron chi connectivity index (χ0n) is 17.5. The first-order chi connectivity index (χ1) is 14.0. The molecule has 1 fully saturated rings. The zero-order chi connectivity index (χ0) is 20.8. The molecule has 0 bridgehead atoms. The Hall–Kier alpha value is -1.90. The molecule has 160 valence electrons. The number of rotatable bonds is 10. The molecule has 1 atom stereocenters. The van der Waals surface area contributed by atoms with Crippen LogP contribution >= 0.6 is 11.3 Å². The summed E-state index contributed by atoms with van der Waals surface area (Å²) in [5, 5.41) is 0.871. The minimum absolute atomic E-state index is 0.403. The highest BCUT2D eigenvalue weighted by Gasteiger charge is 2.24. The molecule has 4 N–H and O–H groups in total. The first kappa shape index (κ1) is 21.8. The van der Waals surface area contributed by atoms with Crippen LogP contribution < -0.4 is 16.4 Å². The van der Waals surface area contributed by atoms with E-state index in [2.05, 4.69) is 28.9 Å². The van der Waals surface area contributed by atoms with Crippen LogP contribution in [0.4, 0.5) is 11.4 Å². The van der Waals surface area contributed by atoms with Gasteiger partial charge in [-0.2, -0.15) is 0 Å². The van der Waals surface area contributed by atoms with Gasteiger partial charge in [-0.05, 0) is 64.7 Å². The van der Waals surface area contributed by atoms with Crippen LogP contribution in [0.3, 0.4) is 0 Å². The highest BCUT2D eigenvalue weighted by Crippen LogP contribution is 2.39. The van der Waals surface area contributed by atoms with Gasteiger partial charge in [0.25, 0.3) is 5.91 Å². The number of nitrogens with zero attached hydrogens (tertiary/aromatic N) is 3. The van der Waals surface area contributed by atoms with E-state index >= 15 is 0 Å². The molecule has 0 radical (unpaired) electrons. The molecule has 0 aliphatic carbocycles. The monoisotopic (exact) mass is 419 g/mol. The summed E-state index contributed by atoms with van der Waals surface area (Å²) in [5.41, 5.74) is 13.3. The smallest absolute Gasteiger partial charge is 0.260 e. The van der Waals surface area contributed by atoms with Gasteiger partial charge in [-0.3, -0.25) is 4.79 Å². The Morgan fingerprint density at radius 2 is 2.17 bits per heavy atom. The van der Waals surface area contributed by atoms with E-state index in [1.807, 2.05) is 6.07 Å². The van der Waals surface area contributed by atoms with Gasteiger partial charge in [0.2, 0.25) is 0 Å². The number of fused-ring (bicyclic) bond motifs is 1. The second kappa shape index (κ2) is 10.2. The van der Waals surface area contributed by atoms with Crippen molar-refractivity contribution in [2.45, 2.75) is 32.1 Å². The van der Waals surface area contributed by atoms with Crippen LogP contribution in [0.1, 0.15) is 41.8 Å². The predicted molar refractivity (Wildman–Crippen MR) is 121 cm³/mol. The molecule has 1 amide bonds. The summed E-state index contributed by atoms with van der Waals surface area (Å²) < 4.78 is 5.78. The van der Waals surface area contributed by atoms with E-state index in [4.69, 9.17) is 16.2 Å². The normalized spacial score (nSPS) is 17.3. The molecule has 3 heterocycles. The van der Waals surface area contributed by atoms with Gasteiger partial charge in [0, 0.05) is 32.5 Å². The topological polar surface area (TPSA) is 97.7 Å². The molecular weight excluding hydrogens is 386 g/mol. The number of ether oxygens (including phenoxy) is 1. The maximum absolute atomic E-state index is 11.7. The number of hydrogen-bond donors (Lipinski definition) is 2. The van der Waals surface area contributed by atoms with E-state index in [0.717, 1.165) is 68.0 Å². The molecule has 7 nitrogen and oxygen atoms in total. The van der Waals surface area contributed by atoms with Crippen molar-refractivity contribution in [1.29, 1.82) is 0 Å². The minimum Gasteiger partial charge on any atom is -0.397 e. The molecule has 1 saturated heterocycles. The predicted octanol–water partition coefficient (Wildman–Crippen LogP) is 2.94. The van der Waals surface area contributed by atoms with Crippen LogP contribution in [0, 0.1) is 5.92 Å². The van der Waals surface area contributed by atoms with E-state index < -0.39 is 5.91 Å². The van der Waals surface area contributed by atoms with E-state index in [1.165, 1.54) is 24.2 Å². The first-order valence-corrected chi connectivity index (χ1v) is 11.2.